The van der Waals surface area contributed by atoms with Gasteiger partial charge < -0.3 is 0 Å². The van der Waals surface area contributed by atoms with Gasteiger partial charge in [-0.2, -0.15) is 42.1 Å². The molecule has 0 saturated carbocycles. The summed E-state index contributed by atoms with van der Waals surface area (Å²) in [5.41, 5.74) is -6.88. The van der Waals surface area contributed by atoms with E-state index >= 15 is 0 Å². The van der Waals surface area contributed by atoms with E-state index in [0.717, 1.165) is 36.4 Å². The monoisotopic (exact) mass is 561 g/mol. The molecule has 9 nitrogen and oxygen atoms in total. The standard InChI is InChI=1S/C31H6F3N9/c32-21-1-15(7-35)26(16(2-21)8-36)29-24(13-41)30(27-17(9-37)3-22(33)4-18(27)10-38)43-31(25(29)14-42)28-19(11-39)5-23(34)6-20(28)12-40/h1-6H. The Labute approximate surface area is 240 Å². The zero-order valence-corrected chi connectivity index (χ0v) is 21.1. The maximum absolute atomic E-state index is 14.4. The summed E-state index contributed by atoms with van der Waals surface area (Å²) >= 11 is 0. The van der Waals surface area contributed by atoms with Gasteiger partial charge in [0.2, 0.25) is 0 Å². The lowest BCUT2D eigenvalue weighted by molar-refractivity contribution is 0.626. The highest BCUT2D eigenvalue weighted by atomic mass is 19.1. The molecule has 1 aromatic heterocycles. The molecule has 0 N–H and O–H groups in total. The molecule has 0 atom stereocenters. The lowest BCUT2D eigenvalue weighted by Gasteiger charge is -2.19. The van der Waals surface area contributed by atoms with Crippen molar-refractivity contribution in [3.63, 3.8) is 0 Å². The number of nitrogens with zero attached hydrogens (tertiary/aromatic N) is 9. The van der Waals surface area contributed by atoms with Gasteiger partial charge in [0.25, 0.3) is 0 Å². The van der Waals surface area contributed by atoms with E-state index in [1.54, 1.807) is 48.6 Å². The number of hydrogen-bond acceptors (Lipinski definition) is 9. The summed E-state index contributed by atoms with van der Waals surface area (Å²) < 4.78 is 43.0. The molecule has 3 aromatic carbocycles. The fourth-order valence-corrected chi connectivity index (χ4v) is 4.54. The molecular weight excluding hydrogens is 555 g/mol. The van der Waals surface area contributed by atoms with Gasteiger partial charge in [-0.25, -0.2) is 18.2 Å². The summed E-state index contributed by atoms with van der Waals surface area (Å²) in [6.07, 6.45) is 0. The van der Waals surface area contributed by atoms with Crippen LogP contribution in [0.15, 0.2) is 36.4 Å². The van der Waals surface area contributed by atoms with Gasteiger partial charge >= 0.3 is 0 Å². The molecule has 1 heterocycles. The fourth-order valence-electron chi connectivity index (χ4n) is 4.54. The highest BCUT2D eigenvalue weighted by Crippen LogP contribution is 2.44. The first-order chi connectivity index (χ1) is 20.7. The molecule has 0 radical (unpaired) electrons. The third-order valence-electron chi connectivity index (χ3n) is 6.18. The Balaban J connectivity index is 2.46. The fraction of sp³-hybridized carbons (Fsp3) is 0. The number of halogens is 3. The van der Waals surface area contributed by atoms with Gasteiger partial charge in [0.15, 0.2) is 0 Å². The highest BCUT2D eigenvalue weighted by molar-refractivity contribution is 5.95. The first-order valence-corrected chi connectivity index (χ1v) is 11.5. The third-order valence-corrected chi connectivity index (χ3v) is 6.18. The molecule has 4 rings (SSSR count). The normalized spacial score (nSPS) is 9.56. The number of rotatable bonds is 3. The van der Waals surface area contributed by atoms with E-state index in [1.807, 2.05) is 0 Å². The molecule has 4 aromatic rings. The summed E-state index contributed by atoms with van der Waals surface area (Å²) in [4.78, 5) is 4.33. The smallest absolute Gasteiger partial charge is 0.125 e. The van der Waals surface area contributed by atoms with Crippen molar-refractivity contribution in [3.8, 4) is 82.2 Å². The Hall–Kier alpha value is -7.48. The summed E-state index contributed by atoms with van der Waals surface area (Å²) in [5, 5.41) is 79.7. The molecular formula is C31H6F3N9. The van der Waals surface area contributed by atoms with E-state index in [4.69, 9.17) is 0 Å². The Morgan fingerprint density at radius 3 is 0.860 bits per heavy atom. The number of benzene rings is 3. The predicted octanol–water partition coefficient (Wildman–Crippen LogP) is 5.47. The van der Waals surface area contributed by atoms with E-state index in [0.29, 0.717) is 0 Å². The van der Waals surface area contributed by atoms with Crippen LogP contribution in [-0.4, -0.2) is 4.98 Å². The van der Waals surface area contributed by atoms with E-state index < -0.39 is 95.6 Å². The van der Waals surface area contributed by atoms with Crippen LogP contribution in [0.4, 0.5) is 13.2 Å². The second kappa shape index (κ2) is 11.3. The Morgan fingerprint density at radius 2 is 0.628 bits per heavy atom. The van der Waals surface area contributed by atoms with Crippen molar-refractivity contribution in [2.24, 2.45) is 0 Å². The lowest BCUT2D eigenvalue weighted by atomic mass is 9.83. The predicted molar refractivity (Wildman–Crippen MR) is 138 cm³/mol. The van der Waals surface area contributed by atoms with Crippen LogP contribution >= 0.6 is 0 Å². The molecule has 0 bridgehead atoms. The van der Waals surface area contributed by atoms with Crippen LogP contribution in [0.2, 0.25) is 0 Å². The average molecular weight is 561 g/mol. The molecule has 43 heavy (non-hydrogen) atoms. The van der Waals surface area contributed by atoms with Crippen molar-refractivity contribution in [1.29, 1.82) is 42.1 Å². The van der Waals surface area contributed by atoms with Crippen LogP contribution in [0.3, 0.4) is 0 Å². The Bertz CT molecular complexity index is 2040. The van der Waals surface area contributed by atoms with Crippen LogP contribution < -0.4 is 0 Å². The van der Waals surface area contributed by atoms with Crippen molar-refractivity contribution in [1.82, 2.24) is 4.98 Å². The number of aromatic nitrogens is 1. The van der Waals surface area contributed by atoms with Gasteiger partial charge in [-0.15, -0.1) is 0 Å². The second-order valence-electron chi connectivity index (χ2n) is 8.46. The Morgan fingerprint density at radius 1 is 0.372 bits per heavy atom. The van der Waals surface area contributed by atoms with Gasteiger partial charge in [-0.05, 0) is 36.4 Å². The third kappa shape index (κ3) is 4.66. The summed E-state index contributed by atoms with van der Waals surface area (Å²) in [7, 11) is 0. The molecule has 0 amide bonds. The van der Waals surface area contributed by atoms with Crippen LogP contribution in [0.25, 0.3) is 33.6 Å². The zero-order valence-electron chi connectivity index (χ0n) is 21.1. The molecule has 0 spiro atoms. The quantitative estimate of drug-likeness (QED) is 0.310. The molecule has 0 fully saturated rings. The van der Waals surface area contributed by atoms with E-state index in [2.05, 4.69) is 4.98 Å². The number of pyridine rings is 1. The molecule has 12 heteroatoms. The van der Waals surface area contributed by atoms with E-state index in [1.165, 1.54) is 0 Å². The number of nitriles is 8. The minimum absolute atomic E-state index is 0.395. The molecule has 196 valence electrons. The van der Waals surface area contributed by atoms with Crippen molar-refractivity contribution in [2.45, 2.75) is 0 Å². The van der Waals surface area contributed by atoms with Gasteiger partial charge in [0.05, 0.1) is 92.3 Å². The SMILES string of the molecule is N#Cc1cc(F)cc(C#N)c1-c1nc(-c2c(C#N)cc(F)cc2C#N)c(C#N)c(-c2c(C#N)cc(F)cc2C#N)c1C#N. The van der Waals surface area contributed by atoms with Crippen LogP contribution in [0.5, 0.6) is 0 Å². The van der Waals surface area contributed by atoms with Gasteiger partial charge in [0, 0.05) is 22.3 Å². The van der Waals surface area contributed by atoms with Gasteiger partial charge in [-0.3, -0.25) is 0 Å². The van der Waals surface area contributed by atoms with Crippen LogP contribution in [-0.2, 0) is 0 Å². The van der Waals surface area contributed by atoms with Crippen molar-refractivity contribution in [3.05, 3.63) is 98.4 Å². The summed E-state index contributed by atoms with van der Waals surface area (Å²) in [6.45, 7) is 0. The minimum Gasteiger partial charge on any atom is -0.245 e. The van der Waals surface area contributed by atoms with Gasteiger partial charge in [0.1, 0.15) is 29.6 Å². The first kappa shape index (κ1) is 28.5. The summed E-state index contributed by atoms with van der Waals surface area (Å²) in [6, 6.07) is 18.2. The highest BCUT2D eigenvalue weighted by Gasteiger charge is 2.31. The largest absolute Gasteiger partial charge is 0.245 e. The van der Waals surface area contributed by atoms with E-state index in [-0.39, 0.29) is 0 Å². The average Bonchev–Trinajstić information content (AvgIpc) is 3.02. The Kier molecular flexibility index (Phi) is 7.51. The van der Waals surface area contributed by atoms with Crippen LogP contribution in [0.1, 0.15) is 44.5 Å². The summed E-state index contributed by atoms with van der Waals surface area (Å²) in [5.74, 6) is -2.98. The van der Waals surface area contributed by atoms with Crippen LogP contribution in [0, 0.1) is 108 Å². The van der Waals surface area contributed by atoms with Crippen molar-refractivity contribution >= 4 is 0 Å². The first-order valence-electron chi connectivity index (χ1n) is 11.5. The lowest BCUT2D eigenvalue weighted by Crippen LogP contribution is -2.08. The second-order valence-corrected chi connectivity index (χ2v) is 8.46. The maximum atomic E-state index is 14.4. The number of hydrogen-bond donors (Lipinski definition) is 0. The molecule has 0 unspecified atom stereocenters. The van der Waals surface area contributed by atoms with Gasteiger partial charge in [-0.1, -0.05) is 0 Å². The zero-order chi connectivity index (χ0) is 31.4. The molecule has 0 aliphatic heterocycles. The minimum atomic E-state index is -1.00. The topological polar surface area (TPSA) is 203 Å². The van der Waals surface area contributed by atoms with Crippen molar-refractivity contribution in [2.75, 3.05) is 0 Å². The molecule has 0 aliphatic carbocycles. The van der Waals surface area contributed by atoms with E-state index in [9.17, 15) is 55.3 Å². The maximum Gasteiger partial charge on any atom is 0.125 e. The molecule has 0 aliphatic rings. The molecule has 0 saturated heterocycles. The van der Waals surface area contributed by atoms with Crippen molar-refractivity contribution < 1.29 is 13.2 Å².